The van der Waals surface area contributed by atoms with E-state index >= 15 is 0 Å². The summed E-state index contributed by atoms with van der Waals surface area (Å²) in [7, 11) is 5.56. The van der Waals surface area contributed by atoms with E-state index in [1.165, 1.54) is 16.8 Å². The summed E-state index contributed by atoms with van der Waals surface area (Å²) >= 11 is 0. The molecule has 0 bridgehead atoms. The maximum absolute atomic E-state index is 2.28. The standard InChI is InChI=1S/C5H15NSi/c1-5(7)4-6(2)3/h5H,4H2,1-3,7H3. The van der Waals surface area contributed by atoms with E-state index in [1.807, 2.05) is 0 Å². The fraction of sp³-hybridized carbons (Fsp3) is 1.00. The van der Waals surface area contributed by atoms with Crippen LogP contribution < -0.4 is 0 Å². The Morgan fingerprint density at radius 3 is 2.00 bits per heavy atom. The molecule has 1 unspecified atom stereocenters. The van der Waals surface area contributed by atoms with Crippen LogP contribution in [0.15, 0.2) is 0 Å². The molecule has 2 heteroatoms. The number of rotatable bonds is 2. The summed E-state index contributed by atoms with van der Waals surface area (Å²) in [4.78, 5) is 2.23. The number of nitrogens with zero attached hydrogens (tertiary/aromatic N) is 1. The van der Waals surface area contributed by atoms with Gasteiger partial charge >= 0.3 is 0 Å². The van der Waals surface area contributed by atoms with Gasteiger partial charge in [-0.1, -0.05) is 6.92 Å². The molecule has 0 aromatic carbocycles. The molecule has 44 valence electrons. The molecule has 1 atom stereocenters. The van der Waals surface area contributed by atoms with Crippen LogP contribution in [0, 0.1) is 0 Å². The van der Waals surface area contributed by atoms with E-state index in [0.717, 1.165) is 5.54 Å². The third kappa shape index (κ3) is 6.18. The molecule has 0 fully saturated rings. The van der Waals surface area contributed by atoms with Crippen LogP contribution in [0.1, 0.15) is 6.92 Å². The Bertz CT molecular complexity index is 37.3. The molecule has 0 aliphatic rings. The summed E-state index contributed by atoms with van der Waals surface area (Å²) in [6, 6.07) is 0. The van der Waals surface area contributed by atoms with Crippen LogP contribution in [0.3, 0.4) is 0 Å². The second-order valence-corrected chi connectivity index (χ2v) is 4.63. The van der Waals surface area contributed by atoms with Gasteiger partial charge in [-0.25, -0.2) is 0 Å². The molecule has 0 amide bonds. The maximum Gasteiger partial charge on any atom is 0.00800 e. The van der Waals surface area contributed by atoms with Crippen LogP contribution in [0.4, 0.5) is 0 Å². The molecular formula is C5H15NSi. The third-order valence-electron chi connectivity index (χ3n) is 0.730. The zero-order valence-corrected chi connectivity index (χ0v) is 7.73. The summed E-state index contributed by atoms with van der Waals surface area (Å²) < 4.78 is 0. The Balaban J connectivity index is 2.95. The Morgan fingerprint density at radius 1 is 1.57 bits per heavy atom. The van der Waals surface area contributed by atoms with Gasteiger partial charge in [-0.05, 0) is 26.2 Å². The minimum atomic E-state index is 0.940. The van der Waals surface area contributed by atoms with Crippen LogP contribution in [0.2, 0.25) is 5.54 Å². The summed E-state index contributed by atoms with van der Waals surface area (Å²) in [6.07, 6.45) is 0. The minimum Gasteiger partial charge on any atom is -0.309 e. The first kappa shape index (κ1) is 7.18. The summed E-state index contributed by atoms with van der Waals surface area (Å²) in [6.45, 7) is 3.54. The Hall–Kier alpha value is 0.177. The average molecular weight is 117 g/mol. The van der Waals surface area contributed by atoms with Crippen molar-refractivity contribution in [2.45, 2.75) is 12.5 Å². The molecule has 1 nitrogen and oxygen atoms in total. The van der Waals surface area contributed by atoms with Gasteiger partial charge < -0.3 is 4.90 Å². The minimum absolute atomic E-state index is 0.940. The van der Waals surface area contributed by atoms with Crippen LogP contribution in [-0.4, -0.2) is 35.8 Å². The summed E-state index contributed by atoms with van der Waals surface area (Å²) in [5.74, 6) is 0. The first-order valence-corrected chi connectivity index (χ1v) is 3.93. The third-order valence-corrected chi connectivity index (χ3v) is 1.10. The van der Waals surface area contributed by atoms with Gasteiger partial charge in [0.1, 0.15) is 0 Å². The molecular weight excluding hydrogens is 102 g/mol. The molecule has 0 saturated carbocycles. The topological polar surface area (TPSA) is 3.24 Å². The average Bonchev–Trinajstić information content (AvgIpc) is 1.27. The van der Waals surface area contributed by atoms with Crippen molar-refractivity contribution in [3.05, 3.63) is 0 Å². The lowest BCUT2D eigenvalue weighted by atomic mass is 10.4. The highest BCUT2D eigenvalue weighted by Gasteiger charge is 1.92. The van der Waals surface area contributed by atoms with Gasteiger partial charge in [0.2, 0.25) is 0 Å². The molecule has 0 radical (unpaired) electrons. The zero-order chi connectivity index (χ0) is 5.86. The van der Waals surface area contributed by atoms with E-state index in [1.54, 1.807) is 0 Å². The predicted octanol–water partition coefficient (Wildman–Crippen LogP) is -0.278. The number of hydrogen-bond acceptors (Lipinski definition) is 1. The summed E-state index contributed by atoms with van der Waals surface area (Å²) in [5, 5.41) is 0. The molecule has 0 spiro atoms. The van der Waals surface area contributed by atoms with E-state index in [4.69, 9.17) is 0 Å². The van der Waals surface area contributed by atoms with Crippen molar-refractivity contribution >= 4 is 10.2 Å². The normalized spacial score (nSPS) is 15.4. The highest BCUT2D eigenvalue weighted by Crippen LogP contribution is 1.94. The van der Waals surface area contributed by atoms with Gasteiger partial charge in [-0.3, -0.25) is 0 Å². The second-order valence-electron chi connectivity index (χ2n) is 2.66. The zero-order valence-electron chi connectivity index (χ0n) is 5.73. The van der Waals surface area contributed by atoms with Crippen LogP contribution in [0.5, 0.6) is 0 Å². The summed E-state index contributed by atoms with van der Waals surface area (Å²) in [5.41, 5.74) is 0.940. The lowest BCUT2D eigenvalue weighted by Gasteiger charge is -2.10. The Morgan fingerprint density at radius 2 is 2.00 bits per heavy atom. The van der Waals surface area contributed by atoms with Crippen LogP contribution >= 0.6 is 0 Å². The molecule has 0 N–H and O–H groups in total. The molecule has 0 aliphatic heterocycles. The maximum atomic E-state index is 2.28. The van der Waals surface area contributed by atoms with Gasteiger partial charge in [0.25, 0.3) is 0 Å². The number of hydrogen-bond donors (Lipinski definition) is 0. The highest BCUT2D eigenvalue weighted by atomic mass is 28.1. The molecule has 7 heavy (non-hydrogen) atoms. The fourth-order valence-electron chi connectivity index (χ4n) is 0.730. The van der Waals surface area contributed by atoms with Gasteiger partial charge in [0.15, 0.2) is 0 Å². The molecule has 0 aromatic heterocycles. The van der Waals surface area contributed by atoms with Gasteiger partial charge in [-0.2, -0.15) is 0 Å². The Labute approximate surface area is 49.1 Å². The van der Waals surface area contributed by atoms with E-state index in [-0.39, 0.29) is 0 Å². The molecule has 0 aliphatic carbocycles. The largest absolute Gasteiger partial charge is 0.309 e. The lowest BCUT2D eigenvalue weighted by molar-refractivity contribution is 0.409. The molecule has 0 rings (SSSR count). The van der Waals surface area contributed by atoms with Crippen molar-refractivity contribution in [2.24, 2.45) is 0 Å². The van der Waals surface area contributed by atoms with Crippen molar-refractivity contribution < 1.29 is 0 Å². The smallest absolute Gasteiger partial charge is 0.00800 e. The predicted molar refractivity (Wildman–Crippen MR) is 37.9 cm³/mol. The molecule has 0 heterocycles. The second kappa shape index (κ2) is 3.21. The van der Waals surface area contributed by atoms with Crippen molar-refractivity contribution in [2.75, 3.05) is 20.6 Å². The van der Waals surface area contributed by atoms with Crippen LogP contribution in [-0.2, 0) is 0 Å². The highest BCUT2D eigenvalue weighted by molar-refractivity contribution is 6.11. The first-order valence-electron chi connectivity index (χ1n) is 2.77. The van der Waals surface area contributed by atoms with Crippen LogP contribution in [0.25, 0.3) is 0 Å². The van der Waals surface area contributed by atoms with E-state index in [0.29, 0.717) is 0 Å². The first-order chi connectivity index (χ1) is 3.13. The van der Waals surface area contributed by atoms with Gasteiger partial charge in [0, 0.05) is 10.2 Å². The van der Waals surface area contributed by atoms with Gasteiger partial charge in [0.05, 0.1) is 0 Å². The van der Waals surface area contributed by atoms with E-state index in [9.17, 15) is 0 Å². The Kier molecular flexibility index (Phi) is 3.30. The SMILES string of the molecule is CC([SiH3])CN(C)C. The van der Waals surface area contributed by atoms with Crippen molar-refractivity contribution in [1.82, 2.24) is 4.90 Å². The quantitative estimate of drug-likeness (QED) is 0.450. The van der Waals surface area contributed by atoms with E-state index < -0.39 is 0 Å². The molecule has 0 saturated heterocycles. The lowest BCUT2D eigenvalue weighted by Crippen LogP contribution is -2.16. The van der Waals surface area contributed by atoms with Crippen molar-refractivity contribution in [1.29, 1.82) is 0 Å². The van der Waals surface area contributed by atoms with Crippen molar-refractivity contribution in [3.63, 3.8) is 0 Å². The molecule has 0 aromatic rings. The van der Waals surface area contributed by atoms with Gasteiger partial charge in [-0.15, -0.1) is 0 Å². The fourth-order valence-corrected chi connectivity index (χ4v) is 1.46. The van der Waals surface area contributed by atoms with Crippen molar-refractivity contribution in [3.8, 4) is 0 Å². The van der Waals surface area contributed by atoms with E-state index in [2.05, 4.69) is 25.9 Å². The monoisotopic (exact) mass is 117 g/mol.